The number of H-pyrrole nitrogens is 1. The van der Waals surface area contributed by atoms with Crippen LogP contribution in [0.1, 0.15) is 31.1 Å². The summed E-state index contributed by atoms with van der Waals surface area (Å²) in [7, 11) is 0. The van der Waals surface area contributed by atoms with Crippen molar-refractivity contribution in [3.05, 3.63) is 30.2 Å². The highest BCUT2D eigenvalue weighted by Crippen LogP contribution is 2.37. The zero-order valence-electron chi connectivity index (χ0n) is 13.2. The molecule has 0 saturated carbocycles. The Morgan fingerprint density at radius 2 is 2.26 bits per heavy atom. The number of anilines is 1. The molecule has 0 spiro atoms. The first-order chi connectivity index (χ1) is 11.1. The van der Waals surface area contributed by atoms with E-state index in [0.717, 1.165) is 26.3 Å². The van der Waals surface area contributed by atoms with Crippen molar-refractivity contribution >= 4 is 33.2 Å². The van der Waals surface area contributed by atoms with E-state index in [2.05, 4.69) is 20.5 Å². The number of fused-ring (bicyclic) bond motifs is 1. The summed E-state index contributed by atoms with van der Waals surface area (Å²) in [5.74, 6) is -0.360. The number of aromatic amines is 1. The lowest BCUT2D eigenvalue weighted by atomic mass is 10.1. The number of nitrogens with zero attached hydrogens (tertiary/aromatic N) is 2. The van der Waals surface area contributed by atoms with E-state index in [9.17, 15) is 4.79 Å². The second kappa shape index (κ2) is 6.37. The highest BCUT2D eigenvalue weighted by molar-refractivity contribution is 7.21. The number of hydrogen-bond acceptors (Lipinski definition) is 6. The van der Waals surface area contributed by atoms with Crippen molar-refractivity contribution < 1.29 is 9.53 Å². The molecule has 0 fully saturated rings. The Labute approximate surface area is 137 Å². The van der Waals surface area contributed by atoms with Crippen LogP contribution in [0.25, 0.3) is 20.7 Å². The van der Waals surface area contributed by atoms with Crippen LogP contribution in [0, 0.1) is 0 Å². The first-order valence-electron chi connectivity index (χ1n) is 7.45. The highest BCUT2D eigenvalue weighted by atomic mass is 32.1. The summed E-state index contributed by atoms with van der Waals surface area (Å²) in [5.41, 5.74) is 2.24. The maximum Gasteiger partial charge on any atom is 0.341 e. The smallest absolute Gasteiger partial charge is 0.341 e. The lowest BCUT2D eigenvalue weighted by Crippen LogP contribution is -2.15. The molecule has 0 aliphatic heterocycles. The Bertz CT molecular complexity index is 824. The Morgan fingerprint density at radius 1 is 1.43 bits per heavy atom. The molecule has 3 rings (SSSR count). The quantitative estimate of drug-likeness (QED) is 0.698. The molecule has 0 atom stereocenters. The second-order valence-electron chi connectivity index (χ2n) is 5.38. The molecule has 0 aromatic carbocycles. The Morgan fingerprint density at radius 3 is 2.91 bits per heavy atom. The van der Waals surface area contributed by atoms with Crippen molar-refractivity contribution in [1.29, 1.82) is 0 Å². The second-order valence-corrected chi connectivity index (χ2v) is 6.41. The maximum atomic E-state index is 12.2. The van der Waals surface area contributed by atoms with Gasteiger partial charge in [0.2, 0.25) is 0 Å². The lowest BCUT2D eigenvalue weighted by molar-refractivity contribution is 0.0527. The number of carbonyl (C=O) groups excluding carboxylic acids is 1. The van der Waals surface area contributed by atoms with Gasteiger partial charge in [0, 0.05) is 34.3 Å². The monoisotopic (exact) mass is 330 g/mol. The predicted molar refractivity (Wildman–Crippen MR) is 91.9 cm³/mol. The summed E-state index contributed by atoms with van der Waals surface area (Å²) in [4.78, 5) is 18.6. The molecule has 2 N–H and O–H groups in total. The van der Waals surface area contributed by atoms with Crippen LogP contribution in [-0.2, 0) is 4.74 Å². The van der Waals surface area contributed by atoms with Gasteiger partial charge in [-0.3, -0.25) is 5.10 Å². The van der Waals surface area contributed by atoms with Crippen LogP contribution in [0.3, 0.4) is 0 Å². The van der Waals surface area contributed by atoms with Crippen LogP contribution in [0.2, 0.25) is 0 Å². The summed E-state index contributed by atoms with van der Waals surface area (Å²) < 4.78 is 5.15. The fourth-order valence-corrected chi connectivity index (χ4v) is 3.32. The largest absolute Gasteiger partial charge is 0.462 e. The molecule has 0 bridgehead atoms. The van der Waals surface area contributed by atoms with E-state index in [4.69, 9.17) is 4.74 Å². The molecule has 0 aliphatic carbocycles. The van der Waals surface area contributed by atoms with E-state index in [0.29, 0.717) is 12.2 Å². The van der Waals surface area contributed by atoms with Gasteiger partial charge in [-0.15, -0.1) is 11.3 Å². The van der Waals surface area contributed by atoms with E-state index in [-0.39, 0.29) is 12.0 Å². The fraction of sp³-hybridized carbons (Fsp3) is 0.312. The molecule has 0 aliphatic rings. The minimum Gasteiger partial charge on any atom is -0.462 e. The molecular formula is C16H18N4O2S. The van der Waals surface area contributed by atoms with Gasteiger partial charge in [-0.1, -0.05) is 0 Å². The number of rotatable bonds is 5. The van der Waals surface area contributed by atoms with E-state index in [1.165, 1.54) is 0 Å². The van der Waals surface area contributed by atoms with E-state index in [1.807, 2.05) is 26.1 Å². The van der Waals surface area contributed by atoms with Crippen molar-refractivity contribution in [2.75, 3.05) is 11.9 Å². The summed E-state index contributed by atoms with van der Waals surface area (Å²) >= 11 is 1.57. The first kappa shape index (κ1) is 15.5. The van der Waals surface area contributed by atoms with Crippen LogP contribution in [0.5, 0.6) is 0 Å². The molecule has 0 unspecified atom stereocenters. The van der Waals surface area contributed by atoms with Crippen LogP contribution < -0.4 is 5.32 Å². The minimum atomic E-state index is -0.360. The number of esters is 1. The summed E-state index contributed by atoms with van der Waals surface area (Å²) in [6.07, 6.45) is 5.19. The lowest BCUT2D eigenvalue weighted by Gasteiger charge is -2.14. The topological polar surface area (TPSA) is 79.9 Å². The standard InChI is InChI=1S/C16H18N4O2S/c1-4-22-16(21)12-8-17-15-11(14(12)20-9(2)3)5-13(23-15)10-6-18-19-7-10/h5-9H,4H2,1-3H3,(H,17,20)(H,18,19). The maximum absolute atomic E-state index is 12.2. The molecule has 0 saturated heterocycles. The SMILES string of the molecule is CCOC(=O)c1cnc2sc(-c3cn[nH]c3)cc2c1NC(C)C. The van der Waals surface area contributed by atoms with Gasteiger partial charge in [0.05, 0.1) is 18.5 Å². The van der Waals surface area contributed by atoms with Crippen molar-refractivity contribution in [1.82, 2.24) is 15.2 Å². The third-order valence-electron chi connectivity index (χ3n) is 3.27. The Kier molecular flexibility index (Phi) is 4.29. The number of ether oxygens (including phenoxy) is 1. The van der Waals surface area contributed by atoms with E-state index in [1.54, 1.807) is 30.7 Å². The molecule has 7 heteroatoms. The van der Waals surface area contributed by atoms with Gasteiger partial charge < -0.3 is 10.1 Å². The van der Waals surface area contributed by atoms with Crippen LogP contribution >= 0.6 is 11.3 Å². The number of aromatic nitrogens is 3. The van der Waals surface area contributed by atoms with Gasteiger partial charge in [-0.2, -0.15) is 5.10 Å². The van der Waals surface area contributed by atoms with E-state index < -0.39 is 0 Å². The van der Waals surface area contributed by atoms with Crippen LogP contribution in [0.15, 0.2) is 24.7 Å². The molecule has 120 valence electrons. The summed E-state index contributed by atoms with van der Waals surface area (Å²) in [6.45, 7) is 6.19. The zero-order chi connectivity index (χ0) is 16.4. The summed E-state index contributed by atoms with van der Waals surface area (Å²) in [6, 6.07) is 2.22. The summed E-state index contributed by atoms with van der Waals surface area (Å²) in [5, 5.41) is 11.1. The van der Waals surface area contributed by atoms with Crippen molar-refractivity contribution in [3.8, 4) is 10.4 Å². The van der Waals surface area contributed by atoms with Gasteiger partial charge in [0.1, 0.15) is 10.4 Å². The molecule has 6 nitrogen and oxygen atoms in total. The van der Waals surface area contributed by atoms with Crippen LogP contribution in [0.4, 0.5) is 5.69 Å². The van der Waals surface area contributed by atoms with Gasteiger partial charge in [0.15, 0.2) is 0 Å². The van der Waals surface area contributed by atoms with Crippen molar-refractivity contribution in [3.63, 3.8) is 0 Å². The van der Waals surface area contributed by atoms with Crippen molar-refractivity contribution in [2.24, 2.45) is 0 Å². The number of pyridine rings is 1. The molecule has 0 radical (unpaired) electrons. The number of hydrogen-bond donors (Lipinski definition) is 2. The normalized spacial score (nSPS) is 11.1. The molecule has 3 heterocycles. The average molecular weight is 330 g/mol. The third kappa shape index (κ3) is 3.05. The fourth-order valence-electron chi connectivity index (χ4n) is 2.32. The third-order valence-corrected chi connectivity index (χ3v) is 4.37. The number of thiophene rings is 1. The molecule has 0 amide bonds. The molecule has 3 aromatic heterocycles. The average Bonchev–Trinajstić information content (AvgIpc) is 3.16. The predicted octanol–water partition coefficient (Wildman–Crippen LogP) is 3.68. The molecule has 23 heavy (non-hydrogen) atoms. The van der Waals surface area contributed by atoms with Gasteiger partial charge in [-0.05, 0) is 26.8 Å². The van der Waals surface area contributed by atoms with Gasteiger partial charge >= 0.3 is 5.97 Å². The number of nitrogens with one attached hydrogen (secondary N) is 2. The first-order valence-corrected chi connectivity index (χ1v) is 8.27. The van der Waals surface area contributed by atoms with E-state index >= 15 is 0 Å². The molecule has 3 aromatic rings. The minimum absolute atomic E-state index is 0.186. The van der Waals surface area contributed by atoms with Gasteiger partial charge in [-0.25, -0.2) is 9.78 Å². The highest BCUT2D eigenvalue weighted by Gasteiger charge is 2.19. The Balaban J connectivity index is 2.15. The Hall–Kier alpha value is -2.41. The van der Waals surface area contributed by atoms with Crippen LogP contribution in [-0.4, -0.2) is 33.8 Å². The molecular weight excluding hydrogens is 312 g/mol. The van der Waals surface area contributed by atoms with Crippen molar-refractivity contribution in [2.45, 2.75) is 26.8 Å². The van der Waals surface area contributed by atoms with Gasteiger partial charge in [0.25, 0.3) is 0 Å². The zero-order valence-corrected chi connectivity index (χ0v) is 14.0. The number of carbonyl (C=O) groups is 1.